The minimum Gasteiger partial charge on any atom is -0.355 e. The van der Waals surface area contributed by atoms with Crippen LogP contribution in [0.4, 0.5) is 0 Å². The summed E-state index contributed by atoms with van der Waals surface area (Å²) in [5.74, 6) is 0.0174. The molecule has 2 aromatic rings. The maximum Gasteiger partial charge on any atom is 0.221 e. The Balaban J connectivity index is 1.40. The summed E-state index contributed by atoms with van der Waals surface area (Å²) in [6.07, 6.45) is 1.41. The zero-order valence-corrected chi connectivity index (χ0v) is 13.9. The third kappa shape index (κ3) is 4.43. The number of nitrogens with one attached hydrogen (secondary N) is 1. The van der Waals surface area contributed by atoms with Crippen molar-refractivity contribution in [1.82, 2.24) is 10.2 Å². The van der Waals surface area contributed by atoms with Gasteiger partial charge < -0.3 is 11.1 Å². The molecule has 2 aromatic carbocycles. The van der Waals surface area contributed by atoms with Gasteiger partial charge >= 0.3 is 0 Å². The maximum atomic E-state index is 12.1. The second-order valence-electron chi connectivity index (χ2n) is 6.37. The van der Waals surface area contributed by atoms with Crippen LogP contribution in [0.2, 0.25) is 0 Å². The molecule has 1 atom stereocenters. The first-order chi connectivity index (χ1) is 11.7. The van der Waals surface area contributed by atoms with Crippen LogP contribution in [0.1, 0.15) is 29.2 Å². The smallest absolute Gasteiger partial charge is 0.221 e. The van der Waals surface area contributed by atoms with Gasteiger partial charge in [0.2, 0.25) is 5.91 Å². The van der Waals surface area contributed by atoms with E-state index in [0.717, 1.165) is 31.6 Å². The number of nitrogens with zero attached hydrogens (tertiary/aromatic N) is 1. The van der Waals surface area contributed by atoms with Gasteiger partial charge in [-0.3, -0.25) is 9.69 Å². The third-order valence-electron chi connectivity index (χ3n) is 4.59. The van der Waals surface area contributed by atoms with Crippen LogP contribution in [0.3, 0.4) is 0 Å². The van der Waals surface area contributed by atoms with Crippen molar-refractivity contribution in [1.29, 1.82) is 0 Å². The molecule has 0 saturated carbocycles. The van der Waals surface area contributed by atoms with Crippen LogP contribution >= 0.6 is 0 Å². The average Bonchev–Trinajstić information content (AvgIpc) is 2.62. The number of carbonyl (C=O) groups excluding carboxylic acids is 1. The fourth-order valence-electron chi connectivity index (χ4n) is 3.19. The Kier molecular flexibility index (Phi) is 5.62. The molecule has 1 aliphatic rings. The molecule has 0 spiro atoms. The minimum atomic E-state index is -0.243. The molecule has 0 radical (unpaired) electrons. The summed E-state index contributed by atoms with van der Waals surface area (Å²) in [5, 5.41) is 2.99. The number of amides is 1. The SMILES string of the molecule is NC(CC(=O)NCCN1CCc2ccccc2C1)c1ccccc1. The molecule has 126 valence electrons. The lowest BCUT2D eigenvalue weighted by atomic mass is 10.00. The lowest BCUT2D eigenvalue weighted by molar-refractivity contribution is -0.121. The quantitative estimate of drug-likeness (QED) is 0.857. The fraction of sp³-hybridized carbons (Fsp3) is 0.350. The summed E-state index contributed by atoms with van der Waals surface area (Å²) in [6.45, 7) is 3.56. The van der Waals surface area contributed by atoms with Gasteiger partial charge in [-0.15, -0.1) is 0 Å². The van der Waals surface area contributed by atoms with E-state index in [-0.39, 0.29) is 11.9 Å². The van der Waals surface area contributed by atoms with Gasteiger partial charge in [-0.1, -0.05) is 54.6 Å². The molecule has 1 aliphatic heterocycles. The predicted octanol–water partition coefficient (Wildman–Crippen LogP) is 2.25. The molecule has 4 nitrogen and oxygen atoms in total. The molecule has 0 aliphatic carbocycles. The first-order valence-corrected chi connectivity index (χ1v) is 8.59. The first kappa shape index (κ1) is 16.7. The molecule has 24 heavy (non-hydrogen) atoms. The maximum absolute atomic E-state index is 12.1. The monoisotopic (exact) mass is 323 g/mol. The number of hydrogen-bond acceptors (Lipinski definition) is 3. The van der Waals surface area contributed by atoms with Crippen LogP contribution < -0.4 is 11.1 Å². The zero-order valence-electron chi connectivity index (χ0n) is 13.9. The zero-order chi connectivity index (χ0) is 16.8. The van der Waals surface area contributed by atoms with Crippen LogP contribution in [0, 0.1) is 0 Å². The summed E-state index contributed by atoms with van der Waals surface area (Å²) in [5.41, 5.74) is 9.95. The van der Waals surface area contributed by atoms with E-state index in [1.807, 2.05) is 30.3 Å². The van der Waals surface area contributed by atoms with Crippen molar-refractivity contribution >= 4 is 5.91 Å². The van der Waals surface area contributed by atoms with E-state index in [4.69, 9.17) is 5.73 Å². The van der Waals surface area contributed by atoms with Gasteiger partial charge in [0.25, 0.3) is 0 Å². The van der Waals surface area contributed by atoms with Gasteiger partial charge in [0.05, 0.1) is 0 Å². The number of rotatable bonds is 6. The van der Waals surface area contributed by atoms with Crippen molar-refractivity contribution in [2.45, 2.75) is 25.4 Å². The van der Waals surface area contributed by atoms with Crippen molar-refractivity contribution in [3.8, 4) is 0 Å². The number of nitrogens with two attached hydrogens (primary N) is 1. The third-order valence-corrected chi connectivity index (χ3v) is 4.59. The van der Waals surface area contributed by atoms with Gasteiger partial charge in [0.1, 0.15) is 0 Å². The Morgan fingerprint density at radius 2 is 1.79 bits per heavy atom. The Bertz CT molecular complexity index is 672. The predicted molar refractivity (Wildman–Crippen MR) is 96.4 cm³/mol. The molecule has 1 unspecified atom stereocenters. The van der Waals surface area contributed by atoms with Crippen molar-refractivity contribution in [3.63, 3.8) is 0 Å². The summed E-state index contributed by atoms with van der Waals surface area (Å²) in [7, 11) is 0. The van der Waals surface area contributed by atoms with Crippen molar-refractivity contribution < 1.29 is 4.79 Å². The molecule has 1 heterocycles. The summed E-state index contributed by atoms with van der Waals surface area (Å²) >= 11 is 0. The standard InChI is InChI=1S/C20H25N3O/c21-19(17-7-2-1-3-8-17)14-20(24)22-11-13-23-12-10-16-6-4-5-9-18(16)15-23/h1-9,19H,10-15,21H2,(H,22,24). The largest absolute Gasteiger partial charge is 0.355 e. The normalized spacial score (nSPS) is 15.5. The van der Waals surface area contributed by atoms with Crippen LogP contribution in [0.5, 0.6) is 0 Å². The Hall–Kier alpha value is -2.17. The second-order valence-corrected chi connectivity index (χ2v) is 6.37. The highest BCUT2D eigenvalue weighted by Gasteiger charge is 2.16. The van der Waals surface area contributed by atoms with Crippen molar-refractivity contribution in [2.75, 3.05) is 19.6 Å². The molecular weight excluding hydrogens is 298 g/mol. The van der Waals surface area contributed by atoms with E-state index < -0.39 is 0 Å². The van der Waals surface area contributed by atoms with E-state index in [0.29, 0.717) is 13.0 Å². The highest BCUT2D eigenvalue weighted by atomic mass is 16.1. The van der Waals surface area contributed by atoms with E-state index >= 15 is 0 Å². The van der Waals surface area contributed by atoms with Crippen LogP contribution in [0.15, 0.2) is 54.6 Å². The van der Waals surface area contributed by atoms with Crippen molar-refractivity contribution in [3.05, 3.63) is 71.3 Å². The topological polar surface area (TPSA) is 58.4 Å². The number of carbonyl (C=O) groups is 1. The molecule has 3 N–H and O–H groups in total. The number of fused-ring (bicyclic) bond motifs is 1. The average molecular weight is 323 g/mol. The lowest BCUT2D eigenvalue weighted by Crippen LogP contribution is -2.38. The molecule has 0 fully saturated rings. The van der Waals surface area contributed by atoms with Crippen LogP contribution in [-0.4, -0.2) is 30.4 Å². The Morgan fingerprint density at radius 1 is 1.08 bits per heavy atom. The number of benzene rings is 2. The number of hydrogen-bond donors (Lipinski definition) is 2. The second kappa shape index (κ2) is 8.08. The highest BCUT2D eigenvalue weighted by molar-refractivity contribution is 5.76. The van der Waals surface area contributed by atoms with E-state index in [1.54, 1.807) is 0 Å². The van der Waals surface area contributed by atoms with Crippen LogP contribution in [0.25, 0.3) is 0 Å². The summed E-state index contributed by atoms with van der Waals surface area (Å²) < 4.78 is 0. The van der Waals surface area contributed by atoms with Crippen molar-refractivity contribution in [2.24, 2.45) is 5.73 Å². The van der Waals surface area contributed by atoms with Gasteiger partial charge in [0.15, 0.2) is 0 Å². The van der Waals surface area contributed by atoms with E-state index in [1.165, 1.54) is 11.1 Å². The summed E-state index contributed by atoms with van der Waals surface area (Å²) in [6, 6.07) is 18.1. The molecule has 3 rings (SSSR count). The Labute approximate surface area is 143 Å². The van der Waals surface area contributed by atoms with Gasteiger partial charge in [0, 0.05) is 38.6 Å². The van der Waals surface area contributed by atoms with Gasteiger partial charge in [-0.2, -0.15) is 0 Å². The Morgan fingerprint density at radius 3 is 2.58 bits per heavy atom. The molecule has 0 saturated heterocycles. The van der Waals surface area contributed by atoms with E-state index in [9.17, 15) is 4.79 Å². The minimum absolute atomic E-state index is 0.0174. The summed E-state index contributed by atoms with van der Waals surface area (Å²) in [4.78, 5) is 14.4. The molecule has 1 amide bonds. The lowest BCUT2D eigenvalue weighted by Gasteiger charge is -2.28. The van der Waals surface area contributed by atoms with Gasteiger partial charge in [-0.25, -0.2) is 0 Å². The van der Waals surface area contributed by atoms with Crippen LogP contribution in [-0.2, 0) is 17.8 Å². The molecule has 0 bridgehead atoms. The van der Waals surface area contributed by atoms with E-state index in [2.05, 4.69) is 34.5 Å². The molecule has 4 heteroatoms. The van der Waals surface area contributed by atoms with Gasteiger partial charge in [-0.05, 0) is 23.1 Å². The highest BCUT2D eigenvalue weighted by Crippen LogP contribution is 2.18. The first-order valence-electron chi connectivity index (χ1n) is 8.59. The molecular formula is C20H25N3O. The fourth-order valence-corrected chi connectivity index (χ4v) is 3.19. The molecule has 0 aromatic heterocycles.